The molecular weight excluding hydrogens is 603 g/mol. The van der Waals surface area contributed by atoms with E-state index < -0.39 is 13.3 Å². The molecule has 2 aromatic heterocycles. The van der Waals surface area contributed by atoms with Crippen molar-refractivity contribution in [2.45, 2.75) is 26.2 Å². The van der Waals surface area contributed by atoms with E-state index in [4.69, 9.17) is 13.7 Å². The second kappa shape index (κ2) is 13.2. The van der Waals surface area contributed by atoms with Crippen LogP contribution in [0, 0.1) is 12.8 Å². The van der Waals surface area contributed by atoms with Gasteiger partial charge >= 0.3 is 5.97 Å². The minimum Gasteiger partial charge on any atom is -0.477 e. The van der Waals surface area contributed by atoms with E-state index in [0.717, 1.165) is 62.6 Å². The van der Waals surface area contributed by atoms with Gasteiger partial charge in [0.2, 0.25) is 0 Å². The summed E-state index contributed by atoms with van der Waals surface area (Å²) in [6, 6.07) is 19.3. The number of fused-ring (bicyclic) bond motifs is 1. The molecule has 1 unspecified atom stereocenters. The molecule has 0 saturated carbocycles. The summed E-state index contributed by atoms with van der Waals surface area (Å²) >= 11 is 1.22. The molecule has 0 radical (unpaired) electrons. The zero-order valence-electron chi connectivity index (χ0n) is 25.3. The van der Waals surface area contributed by atoms with Crippen LogP contribution in [0.15, 0.2) is 95.7 Å². The molecule has 230 valence electrons. The van der Waals surface area contributed by atoms with Gasteiger partial charge in [-0.15, -0.1) is 11.3 Å². The number of aryl methyl sites for hydroxylation is 1. The molecule has 1 aliphatic carbocycles. The van der Waals surface area contributed by atoms with Gasteiger partial charge in [-0.25, -0.2) is 4.79 Å². The van der Waals surface area contributed by atoms with Crippen LogP contribution in [0.25, 0.3) is 39.0 Å². The largest absolute Gasteiger partial charge is 0.477 e. The topological polar surface area (TPSA) is 86.0 Å². The second-order valence-corrected chi connectivity index (χ2v) is 14.8. The third kappa shape index (κ3) is 6.68. The maximum absolute atomic E-state index is 14.3. The van der Waals surface area contributed by atoms with Crippen LogP contribution in [0.3, 0.4) is 0 Å². The highest BCUT2D eigenvalue weighted by Crippen LogP contribution is 2.51. The van der Waals surface area contributed by atoms with Crippen molar-refractivity contribution in [1.82, 2.24) is 0 Å². The lowest BCUT2D eigenvalue weighted by Crippen LogP contribution is -2.16. The SMILES string of the molecule is C=C1C=CC=Cc2oc(-c3ccc(-c4cc(/C(=C/P(=O)(OC)c5ccc(C)cc5)CC5CCOCC5)c(C(=O)O)s4)cc3)cc21. The number of hydrogen-bond donors (Lipinski definition) is 1. The van der Waals surface area contributed by atoms with Gasteiger partial charge in [-0.05, 0) is 79.2 Å². The molecule has 6 rings (SSSR count). The number of rotatable bonds is 9. The summed E-state index contributed by atoms with van der Waals surface area (Å²) in [5.41, 5.74) is 5.99. The van der Waals surface area contributed by atoms with Gasteiger partial charge in [0.15, 0.2) is 0 Å². The van der Waals surface area contributed by atoms with E-state index in [1.807, 2.05) is 91.9 Å². The molecule has 0 spiro atoms. The van der Waals surface area contributed by atoms with Crippen LogP contribution in [0.1, 0.15) is 51.4 Å². The Bertz CT molecular complexity index is 1860. The Morgan fingerprint density at radius 1 is 1.04 bits per heavy atom. The molecule has 1 atom stereocenters. The molecule has 1 aliphatic heterocycles. The van der Waals surface area contributed by atoms with E-state index >= 15 is 0 Å². The number of carboxylic acid groups (broad SMARTS) is 1. The minimum atomic E-state index is -3.43. The fraction of sp³-hybridized carbons (Fsp3) is 0.216. The maximum Gasteiger partial charge on any atom is 0.346 e. The van der Waals surface area contributed by atoms with Crippen molar-refractivity contribution in [3.63, 3.8) is 0 Å². The lowest BCUT2D eigenvalue weighted by Gasteiger charge is -2.24. The quantitative estimate of drug-likeness (QED) is 0.184. The van der Waals surface area contributed by atoms with Gasteiger partial charge in [0.1, 0.15) is 16.4 Å². The molecule has 45 heavy (non-hydrogen) atoms. The van der Waals surface area contributed by atoms with Gasteiger partial charge in [0.25, 0.3) is 7.37 Å². The van der Waals surface area contributed by atoms with E-state index in [1.165, 1.54) is 18.4 Å². The van der Waals surface area contributed by atoms with Crippen molar-refractivity contribution in [1.29, 1.82) is 0 Å². The number of thiophene rings is 1. The van der Waals surface area contributed by atoms with Gasteiger partial charge in [0, 0.05) is 53.0 Å². The summed E-state index contributed by atoms with van der Waals surface area (Å²) in [6.07, 6.45) is 10.0. The molecule has 0 amide bonds. The Kier molecular flexibility index (Phi) is 9.06. The maximum atomic E-state index is 14.3. The minimum absolute atomic E-state index is 0.215. The summed E-state index contributed by atoms with van der Waals surface area (Å²) in [5, 5.41) is 10.9. The predicted octanol–water partition coefficient (Wildman–Crippen LogP) is 9.69. The predicted molar refractivity (Wildman–Crippen MR) is 183 cm³/mol. The number of hydrogen-bond acceptors (Lipinski definition) is 6. The smallest absolute Gasteiger partial charge is 0.346 e. The number of furan rings is 1. The summed E-state index contributed by atoms with van der Waals surface area (Å²) < 4.78 is 31.7. The zero-order chi connectivity index (χ0) is 31.6. The number of ether oxygens (including phenoxy) is 1. The molecule has 1 N–H and O–H groups in total. The Hall–Kier alpha value is -4.00. The molecule has 6 nitrogen and oxygen atoms in total. The van der Waals surface area contributed by atoms with Crippen molar-refractivity contribution in [2.24, 2.45) is 5.92 Å². The molecular formula is C37H35O6PS. The first-order valence-electron chi connectivity index (χ1n) is 14.9. The Morgan fingerprint density at radius 3 is 2.42 bits per heavy atom. The average Bonchev–Trinajstić information content (AvgIpc) is 3.65. The normalized spacial score (nSPS) is 16.8. The molecule has 2 aliphatic rings. The Balaban J connectivity index is 1.38. The number of carbonyl (C=O) groups is 1. The Morgan fingerprint density at radius 2 is 1.73 bits per heavy atom. The average molecular weight is 639 g/mol. The lowest BCUT2D eigenvalue weighted by molar-refractivity contribution is 0.0676. The summed E-state index contributed by atoms with van der Waals surface area (Å²) in [7, 11) is -1.99. The summed E-state index contributed by atoms with van der Waals surface area (Å²) in [4.78, 5) is 13.7. The summed E-state index contributed by atoms with van der Waals surface area (Å²) in [6.45, 7) is 7.42. The van der Waals surface area contributed by atoms with E-state index in [-0.39, 0.29) is 10.8 Å². The van der Waals surface area contributed by atoms with Crippen molar-refractivity contribution >= 4 is 47.2 Å². The molecule has 8 heteroatoms. The van der Waals surface area contributed by atoms with E-state index in [0.29, 0.717) is 30.5 Å². The van der Waals surface area contributed by atoms with Crippen LogP contribution in [0.2, 0.25) is 0 Å². The van der Waals surface area contributed by atoms with Crippen LogP contribution in [-0.4, -0.2) is 31.4 Å². The van der Waals surface area contributed by atoms with Gasteiger partial charge in [-0.1, -0.05) is 66.8 Å². The van der Waals surface area contributed by atoms with Crippen LogP contribution in [-0.2, 0) is 13.8 Å². The first kappa shape index (κ1) is 31.0. The first-order chi connectivity index (χ1) is 21.7. The fourth-order valence-corrected chi connectivity index (χ4v) is 8.46. The number of benzene rings is 2. The highest BCUT2D eigenvalue weighted by Gasteiger charge is 2.28. The van der Waals surface area contributed by atoms with Crippen LogP contribution in [0.4, 0.5) is 0 Å². The van der Waals surface area contributed by atoms with Crippen molar-refractivity contribution < 1.29 is 28.1 Å². The molecule has 1 fully saturated rings. The third-order valence-electron chi connectivity index (χ3n) is 8.33. The first-order valence-corrected chi connectivity index (χ1v) is 17.4. The highest BCUT2D eigenvalue weighted by molar-refractivity contribution is 7.70. The van der Waals surface area contributed by atoms with E-state index in [2.05, 4.69) is 6.58 Å². The fourth-order valence-electron chi connectivity index (χ4n) is 5.74. The zero-order valence-corrected chi connectivity index (χ0v) is 27.0. The van der Waals surface area contributed by atoms with Crippen LogP contribution >= 0.6 is 18.7 Å². The van der Waals surface area contributed by atoms with Gasteiger partial charge in [-0.2, -0.15) is 0 Å². The number of carboxylic acids is 1. The van der Waals surface area contributed by atoms with E-state index in [1.54, 1.807) is 5.82 Å². The summed E-state index contributed by atoms with van der Waals surface area (Å²) in [5.74, 6) is 2.45. The molecule has 0 bridgehead atoms. The van der Waals surface area contributed by atoms with Gasteiger partial charge in [-0.3, -0.25) is 4.57 Å². The van der Waals surface area contributed by atoms with Crippen molar-refractivity contribution in [2.75, 3.05) is 20.3 Å². The highest BCUT2D eigenvalue weighted by atomic mass is 32.1. The Labute approximate surface area is 267 Å². The number of aromatic carboxylic acids is 1. The second-order valence-electron chi connectivity index (χ2n) is 11.4. The molecule has 4 aromatic rings. The molecule has 3 heterocycles. The van der Waals surface area contributed by atoms with Gasteiger partial charge < -0.3 is 18.8 Å². The van der Waals surface area contributed by atoms with Crippen LogP contribution < -0.4 is 5.30 Å². The van der Waals surface area contributed by atoms with Gasteiger partial charge in [0.05, 0.1) is 0 Å². The third-order valence-corrected chi connectivity index (χ3v) is 11.7. The van der Waals surface area contributed by atoms with Crippen LogP contribution in [0.5, 0.6) is 0 Å². The lowest BCUT2D eigenvalue weighted by atomic mass is 9.90. The molecule has 2 aromatic carbocycles. The molecule has 1 saturated heterocycles. The standard InChI is InChI=1S/C37H35O6PS/c1-24-8-14-30(15-9-24)44(40,41-3)23-29(20-26-16-18-42-19-17-26)32-22-35(45-36(32)37(38)39)28-12-10-27(11-13-28)34-21-31-25(2)6-4-5-7-33(31)43-34/h4-15,21-23,26H,2,16-20H2,1,3H3,(H,38,39)/b29-23+. The van der Waals surface area contributed by atoms with E-state index in [9.17, 15) is 14.5 Å². The number of allylic oxidation sites excluding steroid dienone is 5. The van der Waals surface area contributed by atoms with Crippen molar-refractivity contribution in [3.05, 3.63) is 119 Å². The monoisotopic (exact) mass is 638 g/mol. The van der Waals surface area contributed by atoms with Crippen molar-refractivity contribution in [3.8, 4) is 21.8 Å².